The normalized spacial score (nSPS) is 15.0. The maximum absolute atomic E-state index is 13.0. The predicted octanol–water partition coefficient (Wildman–Crippen LogP) is 2.84. The van der Waals surface area contributed by atoms with E-state index >= 15 is 0 Å². The molecule has 0 aliphatic heterocycles. The van der Waals surface area contributed by atoms with Gasteiger partial charge in [0, 0.05) is 26.2 Å². The van der Waals surface area contributed by atoms with Crippen LogP contribution in [-0.2, 0) is 22.6 Å². The van der Waals surface area contributed by atoms with Crippen LogP contribution in [0.2, 0.25) is 0 Å². The Morgan fingerprint density at radius 2 is 2.15 bits per heavy atom. The summed E-state index contributed by atoms with van der Waals surface area (Å²) in [6.45, 7) is 4.11. The second-order valence-electron chi connectivity index (χ2n) is 6.67. The van der Waals surface area contributed by atoms with Gasteiger partial charge in [-0.1, -0.05) is 42.1 Å². The molecule has 6 nitrogen and oxygen atoms in total. The fraction of sp³-hybridized carbons (Fsp3) is 0.526. The Balaban J connectivity index is 1.63. The molecule has 1 aliphatic rings. The molecule has 1 heterocycles. The van der Waals surface area contributed by atoms with Crippen LogP contribution in [-0.4, -0.2) is 51.1 Å². The zero-order valence-electron chi connectivity index (χ0n) is 15.4. The van der Waals surface area contributed by atoms with Gasteiger partial charge in [-0.05, 0) is 31.2 Å². The number of rotatable bonds is 10. The molecule has 26 heavy (non-hydrogen) atoms. The van der Waals surface area contributed by atoms with Crippen LogP contribution < -0.4 is 0 Å². The molecular weight excluding hydrogens is 348 g/mol. The van der Waals surface area contributed by atoms with Crippen LogP contribution in [0.25, 0.3) is 0 Å². The van der Waals surface area contributed by atoms with Crippen LogP contribution >= 0.6 is 11.8 Å². The summed E-state index contributed by atoms with van der Waals surface area (Å²) in [5.74, 6) is 1.16. The SMILES string of the molecule is COCCn1cnnc1SCC(=O)N(Cc1ccccc1)C(C)C1CC1. The molecular formula is C19H26N4O2S. The first-order valence-electron chi connectivity index (χ1n) is 9.02. The highest BCUT2D eigenvalue weighted by Crippen LogP contribution is 2.36. The van der Waals surface area contributed by atoms with E-state index in [9.17, 15) is 4.79 Å². The third kappa shape index (κ3) is 5.08. The summed E-state index contributed by atoms with van der Waals surface area (Å²) < 4.78 is 7.03. The number of hydrogen-bond donors (Lipinski definition) is 0. The number of thioether (sulfide) groups is 1. The first kappa shape index (κ1) is 18.9. The number of hydrogen-bond acceptors (Lipinski definition) is 5. The summed E-state index contributed by atoms with van der Waals surface area (Å²) in [6, 6.07) is 10.5. The predicted molar refractivity (Wildman–Crippen MR) is 102 cm³/mol. The Kier molecular flexibility index (Phi) is 6.68. The Morgan fingerprint density at radius 3 is 2.85 bits per heavy atom. The van der Waals surface area contributed by atoms with Crippen molar-refractivity contribution in [3.8, 4) is 0 Å². The van der Waals surface area contributed by atoms with Crippen LogP contribution in [0, 0.1) is 5.92 Å². The largest absolute Gasteiger partial charge is 0.383 e. The molecule has 1 atom stereocenters. The quantitative estimate of drug-likeness (QED) is 0.599. The Labute approximate surface area is 158 Å². The molecule has 1 fully saturated rings. The monoisotopic (exact) mass is 374 g/mol. The van der Waals surface area contributed by atoms with Gasteiger partial charge in [0.1, 0.15) is 6.33 Å². The first-order valence-corrected chi connectivity index (χ1v) is 10.0. The number of methoxy groups -OCH3 is 1. The minimum Gasteiger partial charge on any atom is -0.383 e. The van der Waals surface area contributed by atoms with Gasteiger partial charge in [-0.2, -0.15) is 0 Å². The molecule has 1 saturated carbocycles. The van der Waals surface area contributed by atoms with E-state index in [2.05, 4.69) is 29.3 Å². The van der Waals surface area contributed by atoms with Crippen molar-refractivity contribution in [2.24, 2.45) is 5.92 Å². The van der Waals surface area contributed by atoms with E-state index in [4.69, 9.17) is 4.74 Å². The summed E-state index contributed by atoms with van der Waals surface area (Å²) in [4.78, 5) is 15.0. The molecule has 0 bridgehead atoms. The van der Waals surface area contributed by atoms with Crippen molar-refractivity contribution in [3.63, 3.8) is 0 Å². The topological polar surface area (TPSA) is 60.2 Å². The lowest BCUT2D eigenvalue weighted by Gasteiger charge is -2.29. The van der Waals surface area contributed by atoms with Crippen LogP contribution in [0.1, 0.15) is 25.3 Å². The van der Waals surface area contributed by atoms with Gasteiger partial charge in [-0.3, -0.25) is 4.79 Å². The molecule has 1 aliphatic carbocycles. The summed E-state index contributed by atoms with van der Waals surface area (Å²) in [5, 5.41) is 8.84. The van der Waals surface area contributed by atoms with E-state index in [1.807, 2.05) is 27.7 Å². The van der Waals surface area contributed by atoms with Crippen molar-refractivity contribution in [2.45, 2.75) is 44.1 Å². The minimum atomic E-state index is 0.152. The Hall–Kier alpha value is -1.86. The maximum Gasteiger partial charge on any atom is 0.233 e. The second kappa shape index (κ2) is 9.19. The summed E-state index contributed by atoms with van der Waals surface area (Å²) in [5.41, 5.74) is 1.17. The van der Waals surface area contributed by atoms with Gasteiger partial charge >= 0.3 is 0 Å². The average Bonchev–Trinajstić information content (AvgIpc) is 3.42. The number of carbonyl (C=O) groups excluding carboxylic acids is 1. The van der Waals surface area contributed by atoms with Gasteiger partial charge in [-0.25, -0.2) is 0 Å². The lowest BCUT2D eigenvalue weighted by atomic mass is 10.1. The number of carbonyl (C=O) groups is 1. The number of benzene rings is 1. The number of ether oxygens (including phenoxy) is 1. The van der Waals surface area contributed by atoms with Crippen molar-refractivity contribution in [1.82, 2.24) is 19.7 Å². The van der Waals surface area contributed by atoms with Crippen molar-refractivity contribution in [3.05, 3.63) is 42.2 Å². The molecule has 140 valence electrons. The first-order chi connectivity index (χ1) is 12.7. The third-order valence-corrected chi connectivity index (χ3v) is 5.72. The van der Waals surface area contributed by atoms with Crippen LogP contribution in [0.4, 0.5) is 0 Å². The van der Waals surface area contributed by atoms with Gasteiger partial charge in [-0.15, -0.1) is 10.2 Å². The van der Waals surface area contributed by atoms with Crippen molar-refractivity contribution >= 4 is 17.7 Å². The number of amides is 1. The van der Waals surface area contributed by atoms with Gasteiger partial charge in [0.15, 0.2) is 5.16 Å². The Bertz CT molecular complexity index is 703. The molecule has 1 amide bonds. The van der Waals surface area contributed by atoms with Gasteiger partial charge in [0.25, 0.3) is 0 Å². The fourth-order valence-electron chi connectivity index (χ4n) is 2.98. The highest BCUT2D eigenvalue weighted by atomic mass is 32.2. The zero-order valence-corrected chi connectivity index (χ0v) is 16.2. The van der Waals surface area contributed by atoms with E-state index in [1.54, 1.807) is 13.4 Å². The van der Waals surface area contributed by atoms with Gasteiger partial charge < -0.3 is 14.2 Å². The van der Waals surface area contributed by atoms with Gasteiger partial charge in [0.05, 0.1) is 12.4 Å². The van der Waals surface area contributed by atoms with Crippen LogP contribution in [0.15, 0.2) is 41.8 Å². The summed E-state index contributed by atoms with van der Waals surface area (Å²) in [6.07, 6.45) is 4.12. The van der Waals surface area contributed by atoms with Crippen molar-refractivity contribution in [2.75, 3.05) is 19.5 Å². The minimum absolute atomic E-state index is 0.152. The lowest BCUT2D eigenvalue weighted by Crippen LogP contribution is -2.40. The van der Waals surface area contributed by atoms with E-state index in [-0.39, 0.29) is 11.9 Å². The zero-order chi connectivity index (χ0) is 18.4. The van der Waals surface area contributed by atoms with E-state index < -0.39 is 0 Å². The molecule has 2 aromatic rings. The standard InChI is InChI=1S/C19H26N4O2S/c1-15(17-8-9-17)23(12-16-6-4-3-5-7-16)18(24)13-26-19-21-20-14-22(19)10-11-25-2/h3-7,14-15,17H,8-13H2,1-2H3. The molecule has 1 aromatic heterocycles. The lowest BCUT2D eigenvalue weighted by molar-refractivity contribution is -0.131. The molecule has 0 N–H and O–H groups in total. The van der Waals surface area contributed by atoms with Crippen LogP contribution in [0.5, 0.6) is 0 Å². The molecule has 1 unspecified atom stereocenters. The maximum atomic E-state index is 13.0. The van der Waals surface area contributed by atoms with Crippen molar-refractivity contribution < 1.29 is 9.53 Å². The number of aromatic nitrogens is 3. The smallest absolute Gasteiger partial charge is 0.233 e. The van der Waals surface area contributed by atoms with E-state index in [0.29, 0.717) is 31.4 Å². The molecule has 0 radical (unpaired) electrons. The molecule has 0 saturated heterocycles. The highest BCUT2D eigenvalue weighted by molar-refractivity contribution is 7.99. The number of nitrogens with zero attached hydrogens (tertiary/aromatic N) is 4. The van der Waals surface area contributed by atoms with Crippen LogP contribution in [0.3, 0.4) is 0 Å². The van der Waals surface area contributed by atoms with E-state index in [1.165, 1.54) is 30.2 Å². The van der Waals surface area contributed by atoms with E-state index in [0.717, 1.165) is 5.16 Å². The summed E-state index contributed by atoms with van der Waals surface area (Å²) in [7, 11) is 1.67. The highest BCUT2D eigenvalue weighted by Gasteiger charge is 2.34. The van der Waals surface area contributed by atoms with Gasteiger partial charge in [0.2, 0.25) is 5.91 Å². The third-order valence-electron chi connectivity index (χ3n) is 4.75. The second-order valence-corrected chi connectivity index (χ2v) is 7.62. The fourth-order valence-corrected chi connectivity index (χ4v) is 3.81. The Morgan fingerprint density at radius 1 is 1.38 bits per heavy atom. The molecule has 3 rings (SSSR count). The van der Waals surface area contributed by atoms with Crippen molar-refractivity contribution in [1.29, 1.82) is 0 Å². The summed E-state index contributed by atoms with van der Waals surface area (Å²) >= 11 is 1.44. The average molecular weight is 375 g/mol. The molecule has 0 spiro atoms. The molecule has 7 heteroatoms. The molecule has 1 aromatic carbocycles.